The largest absolute Gasteiger partial charge is 0.479 e. The number of benzene rings is 1. The second-order valence-corrected chi connectivity index (χ2v) is 4.08. The van der Waals surface area contributed by atoms with E-state index in [0.29, 0.717) is 29.2 Å². The highest BCUT2D eigenvalue weighted by molar-refractivity contribution is 6.30. The Morgan fingerprint density at radius 2 is 2.24 bits per heavy atom. The third-order valence-electron chi connectivity index (χ3n) is 2.29. The Hall–Kier alpha value is -1.26. The topological polar surface area (TPSA) is 66.8 Å². The molecule has 4 nitrogen and oxygen atoms in total. The van der Waals surface area contributed by atoms with Crippen molar-refractivity contribution in [2.75, 3.05) is 0 Å². The van der Waals surface area contributed by atoms with Crippen LogP contribution < -0.4 is 4.74 Å². The fourth-order valence-electron chi connectivity index (χ4n) is 1.43. The van der Waals surface area contributed by atoms with Crippen LogP contribution >= 0.6 is 11.6 Å². The maximum absolute atomic E-state index is 10.9. The minimum atomic E-state index is -1.01. The number of halogens is 1. The lowest BCUT2D eigenvalue weighted by molar-refractivity contribution is -0.145. The van der Waals surface area contributed by atoms with Crippen LogP contribution in [-0.2, 0) is 11.4 Å². The lowest BCUT2D eigenvalue weighted by Crippen LogP contribution is -2.27. The van der Waals surface area contributed by atoms with Crippen LogP contribution in [-0.4, -0.2) is 22.3 Å². The number of hydrogen-bond acceptors (Lipinski definition) is 3. The Bertz CT molecular complexity index is 392. The first kappa shape index (κ1) is 13.8. The van der Waals surface area contributed by atoms with Crippen molar-refractivity contribution in [2.24, 2.45) is 0 Å². The molecule has 17 heavy (non-hydrogen) atoms. The standard InChI is InChI=1S/C12H15ClO4/c1-2-3-11(12(15)16)17-10-5-4-9(13)6-8(10)7-14/h4-6,11,14H,2-3,7H2,1H3,(H,15,16). The summed E-state index contributed by atoms with van der Waals surface area (Å²) in [7, 11) is 0. The lowest BCUT2D eigenvalue weighted by Gasteiger charge is -2.16. The molecule has 1 atom stereocenters. The molecule has 0 aliphatic carbocycles. The molecule has 0 saturated carbocycles. The number of hydrogen-bond donors (Lipinski definition) is 2. The van der Waals surface area contributed by atoms with Gasteiger partial charge < -0.3 is 14.9 Å². The highest BCUT2D eigenvalue weighted by Gasteiger charge is 2.19. The van der Waals surface area contributed by atoms with Crippen LogP contribution in [0.5, 0.6) is 5.75 Å². The normalized spacial score (nSPS) is 12.2. The number of aliphatic carboxylic acids is 1. The fourth-order valence-corrected chi connectivity index (χ4v) is 1.63. The van der Waals surface area contributed by atoms with Crippen molar-refractivity contribution < 1.29 is 19.7 Å². The summed E-state index contributed by atoms with van der Waals surface area (Å²) < 4.78 is 5.38. The van der Waals surface area contributed by atoms with Gasteiger partial charge in [0.1, 0.15) is 5.75 Å². The SMILES string of the molecule is CCCC(Oc1ccc(Cl)cc1CO)C(=O)O. The Morgan fingerprint density at radius 3 is 2.76 bits per heavy atom. The summed E-state index contributed by atoms with van der Waals surface area (Å²) in [5, 5.41) is 18.6. The summed E-state index contributed by atoms with van der Waals surface area (Å²) in [6.45, 7) is 1.64. The maximum atomic E-state index is 10.9. The summed E-state index contributed by atoms with van der Waals surface area (Å²) in [4.78, 5) is 10.9. The molecule has 0 saturated heterocycles. The van der Waals surface area contributed by atoms with E-state index in [1.54, 1.807) is 18.2 Å². The zero-order valence-electron chi connectivity index (χ0n) is 9.52. The van der Waals surface area contributed by atoms with E-state index in [0.717, 1.165) is 0 Å². The summed E-state index contributed by atoms with van der Waals surface area (Å²) in [6.07, 6.45) is 0.230. The van der Waals surface area contributed by atoms with Crippen molar-refractivity contribution in [3.63, 3.8) is 0 Å². The third kappa shape index (κ3) is 3.91. The van der Waals surface area contributed by atoms with E-state index in [9.17, 15) is 4.79 Å². The monoisotopic (exact) mass is 258 g/mol. The van der Waals surface area contributed by atoms with Gasteiger partial charge in [0.25, 0.3) is 0 Å². The third-order valence-corrected chi connectivity index (χ3v) is 2.52. The van der Waals surface area contributed by atoms with E-state index in [1.165, 1.54) is 0 Å². The van der Waals surface area contributed by atoms with E-state index >= 15 is 0 Å². The van der Waals surface area contributed by atoms with Gasteiger partial charge in [-0.25, -0.2) is 4.79 Å². The molecule has 1 unspecified atom stereocenters. The van der Waals surface area contributed by atoms with Gasteiger partial charge in [-0.1, -0.05) is 24.9 Å². The van der Waals surface area contributed by atoms with Crippen molar-refractivity contribution in [3.8, 4) is 5.75 Å². The average molecular weight is 259 g/mol. The number of carboxylic acids is 1. The van der Waals surface area contributed by atoms with Gasteiger partial charge >= 0.3 is 5.97 Å². The van der Waals surface area contributed by atoms with Crippen LogP contribution in [0.2, 0.25) is 5.02 Å². The van der Waals surface area contributed by atoms with Crippen molar-refractivity contribution in [2.45, 2.75) is 32.5 Å². The van der Waals surface area contributed by atoms with E-state index in [2.05, 4.69) is 0 Å². The molecule has 5 heteroatoms. The zero-order valence-corrected chi connectivity index (χ0v) is 10.3. The molecule has 0 radical (unpaired) electrons. The van der Waals surface area contributed by atoms with Gasteiger partial charge in [-0.15, -0.1) is 0 Å². The first-order chi connectivity index (χ1) is 8.08. The van der Waals surface area contributed by atoms with Crippen LogP contribution in [0.15, 0.2) is 18.2 Å². The van der Waals surface area contributed by atoms with E-state index in [-0.39, 0.29) is 6.61 Å². The van der Waals surface area contributed by atoms with Crippen molar-refractivity contribution >= 4 is 17.6 Å². The van der Waals surface area contributed by atoms with Crippen LogP contribution in [0, 0.1) is 0 Å². The van der Waals surface area contributed by atoms with Gasteiger partial charge in [0, 0.05) is 10.6 Å². The molecule has 0 spiro atoms. The Balaban J connectivity index is 2.88. The Labute approximate surface area is 105 Å². The summed E-state index contributed by atoms with van der Waals surface area (Å²) >= 11 is 5.77. The Morgan fingerprint density at radius 1 is 1.53 bits per heavy atom. The Kier molecular flexibility index (Phi) is 5.25. The first-order valence-electron chi connectivity index (χ1n) is 5.37. The molecule has 2 N–H and O–H groups in total. The van der Waals surface area contributed by atoms with Crippen molar-refractivity contribution in [1.82, 2.24) is 0 Å². The quantitative estimate of drug-likeness (QED) is 0.823. The molecule has 0 heterocycles. The molecule has 0 fully saturated rings. The number of aliphatic hydroxyl groups is 1. The summed E-state index contributed by atoms with van der Waals surface area (Å²) in [5.74, 6) is -0.650. The number of carboxylic acid groups (broad SMARTS) is 1. The van der Waals surface area contributed by atoms with Crippen molar-refractivity contribution in [1.29, 1.82) is 0 Å². The average Bonchev–Trinajstić information content (AvgIpc) is 2.30. The highest BCUT2D eigenvalue weighted by Crippen LogP contribution is 2.24. The second-order valence-electron chi connectivity index (χ2n) is 3.64. The molecule has 1 aromatic carbocycles. The molecule has 1 aromatic rings. The highest BCUT2D eigenvalue weighted by atomic mass is 35.5. The van der Waals surface area contributed by atoms with Crippen LogP contribution in [0.4, 0.5) is 0 Å². The molecule has 0 bridgehead atoms. The number of aliphatic hydroxyl groups excluding tert-OH is 1. The van der Waals surface area contributed by atoms with Gasteiger partial charge in [-0.3, -0.25) is 0 Å². The minimum absolute atomic E-state index is 0.242. The molecule has 94 valence electrons. The van der Waals surface area contributed by atoms with E-state index in [1.807, 2.05) is 6.92 Å². The lowest BCUT2D eigenvalue weighted by atomic mass is 10.2. The van der Waals surface area contributed by atoms with E-state index in [4.69, 9.17) is 26.6 Å². The summed E-state index contributed by atoms with van der Waals surface area (Å²) in [5.41, 5.74) is 0.486. The smallest absolute Gasteiger partial charge is 0.344 e. The van der Waals surface area contributed by atoms with Crippen molar-refractivity contribution in [3.05, 3.63) is 28.8 Å². The summed E-state index contributed by atoms with van der Waals surface area (Å²) in [6, 6.07) is 4.72. The van der Waals surface area contributed by atoms with Gasteiger partial charge in [0.2, 0.25) is 0 Å². The van der Waals surface area contributed by atoms with Gasteiger partial charge in [-0.05, 0) is 24.6 Å². The van der Waals surface area contributed by atoms with Gasteiger partial charge in [-0.2, -0.15) is 0 Å². The maximum Gasteiger partial charge on any atom is 0.344 e. The predicted octanol–water partition coefficient (Wildman–Crippen LogP) is 2.46. The molecule has 0 aliphatic rings. The molecular weight excluding hydrogens is 244 g/mol. The van der Waals surface area contributed by atoms with Gasteiger partial charge in [0.15, 0.2) is 6.10 Å². The fraction of sp³-hybridized carbons (Fsp3) is 0.417. The first-order valence-corrected chi connectivity index (χ1v) is 5.75. The number of carbonyl (C=O) groups is 1. The molecule has 0 aromatic heterocycles. The van der Waals surface area contributed by atoms with Crippen LogP contribution in [0.1, 0.15) is 25.3 Å². The minimum Gasteiger partial charge on any atom is -0.479 e. The number of rotatable bonds is 6. The predicted molar refractivity (Wildman–Crippen MR) is 64.3 cm³/mol. The molecular formula is C12H15ClO4. The van der Waals surface area contributed by atoms with Crippen LogP contribution in [0.3, 0.4) is 0 Å². The van der Waals surface area contributed by atoms with E-state index < -0.39 is 12.1 Å². The van der Waals surface area contributed by atoms with Crippen LogP contribution in [0.25, 0.3) is 0 Å². The zero-order chi connectivity index (χ0) is 12.8. The number of ether oxygens (including phenoxy) is 1. The molecule has 0 aliphatic heterocycles. The molecule has 0 amide bonds. The molecule has 1 rings (SSSR count). The second kappa shape index (κ2) is 6.47. The van der Waals surface area contributed by atoms with Gasteiger partial charge in [0.05, 0.1) is 6.61 Å².